The number of para-hydroxylation sites is 2. The molecule has 2 aromatic carbocycles. The minimum atomic E-state index is -0.0921. The summed E-state index contributed by atoms with van der Waals surface area (Å²) in [5.74, 6) is 0.516. The molecule has 7 heteroatoms. The van der Waals surface area contributed by atoms with Crippen molar-refractivity contribution in [1.82, 2.24) is 14.5 Å². The Morgan fingerprint density at radius 1 is 0.962 bits per heavy atom. The molecule has 1 aliphatic rings. The molecule has 1 fully saturated rings. The van der Waals surface area contributed by atoms with Gasteiger partial charge in [-0.25, -0.2) is 4.98 Å². The number of nitrogens with zero attached hydrogens (tertiary/aromatic N) is 4. The molecule has 0 bridgehead atoms. The number of piperazine rings is 1. The van der Waals surface area contributed by atoms with Crippen molar-refractivity contribution in [2.45, 2.75) is 0 Å². The summed E-state index contributed by atoms with van der Waals surface area (Å²) < 4.78 is 1.73. The fourth-order valence-corrected chi connectivity index (χ4v) is 3.32. The van der Waals surface area contributed by atoms with Gasteiger partial charge in [-0.3, -0.25) is 9.36 Å². The molecule has 0 N–H and O–H groups in total. The number of hydrogen-bond acceptors (Lipinski definition) is 4. The first-order valence-corrected chi connectivity index (χ1v) is 8.72. The maximum Gasteiger partial charge on any atom is 0.298 e. The number of benzene rings is 2. The van der Waals surface area contributed by atoms with Crippen LogP contribution in [0.3, 0.4) is 0 Å². The van der Waals surface area contributed by atoms with Crippen LogP contribution in [0.25, 0.3) is 16.7 Å². The van der Waals surface area contributed by atoms with E-state index in [1.54, 1.807) is 16.7 Å². The van der Waals surface area contributed by atoms with Crippen molar-refractivity contribution in [3.63, 3.8) is 0 Å². The van der Waals surface area contributed by atoms with Crippen LogP contribution in [0.15, 0.2) is 53.3 Å². The van der Waals surface area contributed by atoms with E-state index in [0.717, 1.165) is 42.9 Å². The second-order valence-electron chi connectivity index (χ2n) is 6.33. The summed E-state index contributed by atoms with van der Waals surface area (Å²) in [7, 11) is 2.09. The molecule has 0 amide bonds. The first-order chi connectivity index (χ1) is 12.1. The van der Waals surface area contributed by atoms with Gasteiger partial charge in [-0.1, -0.05) is 23.7 Å². The third-order valence-corrected chi connectivity index (χ3v) is 4.88. The predicted octanol–water partition coefficient (Wildman–Crippen LogP) is 3.21. The number of likely N-dealkylation sites (N-methyl/N-ethyl adjacent to an activating group) is 1. The van der Waals surface area contributed by atoms with Crippen molar-refractivity contribution in [1.29, 1.82) is 0 Å². The molecule has 136 valence electrons. The second kappa shape index (κ2) is 7.66. The molecular formula is C19H20Cl2N4O. The Kier molecular flexibility index (Phi) is 5.51. The number of aromatic nitrogens is 2. The van der Waals surface area contributed by atoms with E-state index in [1.807, 2.05) is 36.4 Å². The molecule has 1 saturated heterocycles. The van der Waals surface area contributed by atoms with Crippen molar-refractivity contribution >= 4 is 40.9 Å². The van der Waals surface area contributed by atoms with Gasteiger partial charge in [0.25, 0.3) is 5.56 Å². The van der Waals surface area contributed by atoms with E-state index in [-0.39, 0.29) is 18.0 Å². The highest BCUT2D eigenvalue weighted by Gasteiger charge is 2.21. The Hall–Kier alpha value is -2.08. The van der Waals surface area contributed by atoms with Crippen LogP contribution in [-0.2, 0) is 0 Å². The smallest absolute Gasteiger partial charge is 0.298 e. The van der Waals surface area contributed by atoms with Crippen LogP contribution in [-0.4, -0.2) is 47.7 Å². The van der Waals surface area contributed by atoms with E-state index in [9.17, 15) is 4.79 Å². The van der Waals surface area contributed by atoms with Crippen LogP contribution in [0.5, 0.6) is 0 Å². The van der Waals surface area contributed by atoms with E-state index in [4.69, 9.17) is 11.6 Å². The highest BCUT2D eigenvalue weighted by Crippen LogP contribution is 2.20. The van der Waals surface area contributed by atoms with E-state index in [2.05, 4.69) is 21.8 Å². The number of rotatable bonds is 2. The predicted molar refractivity (Wildman–Crippen MR) is 109 cm³/mol. The zero-order chi connectivity index (χ0) is 17.4. The van der Waals surface area contributed by atoms with E-state index >= 15 is 0 Å². The Morgan fingerprint density at radius 2 is 1.62 bits per heavy atom. The first kappa shape index (κ1) is 18.7. The highest BCUT2D eigenvalue weighted by atomic mass is 35.5. The van der Waals surface area contributed by atoms with Gasteiger partial charge in [-0.15, -0.1) is 12.4 Å². The second-order valence-corrected chi connectivity index (χ2v) is 6.77. The van der Waals surface area contributed by atoms with Crippen LogP contribution in [0.4, 0.5) is 5.82 Å². The largest absolute Gasteiger partial charge is 0.349 e. The molecule has 0 radical (unpaired) electrons. The number of fused-ring (bicyclic) bond motifs is 1. The minimum absolute atomic E-state index is 0. The van der Waals surface area contributed by atoms with Crippen LogP contribution < -0.4 is 10.5 Å². The summed E-state index contributed by atoms with van der Waals surface area (Å²) in [6.45, 7) is 3.46. The van der Waals surface area contributed by atoms with E-state index in [0.29, 0.717) is 10.8 Å². The first-order valence-electron chi connectivity index (χ1n) is 8.35. The zero-order valence-electron chi connectivity index (χ0n) is 14.4. The van der Waals surface area contributed by atoms with Gasteiger partial charge in [-0.2, -0.15) is 0 Å². The lowest BCUT2D eigenvalue weighted by Crippen LogP contribution is -2.47. The average Bonchev–Trinajstić information content (AvgIpc) is 2.63. The summed E-state index contributed by atoms with van der Waals surface area (Å²) in [4.78, 5) is 22.3. The number of halogens is 2. The summed E-state index contributed by atoms with van der Waals surface area (Å²) in [6, 6.07) is 15.1. The summed E-state index contributed by atoms with van der Waals surface area (Å²) in [5, 5.41) is 0.648. The van der Waals surface area contributed by atoms with Gasteiger partial charge in [-0.05, 0) is 43.4 Å². The zero-order valence-corrected chi connectivity index (χ0v) is 16.0. The monoisotopic (exact) mass is 390 g/mol. The summed E-state index contributed by atoms with van der Waals surface area (Å²) >= 11 is 6.01. The van der Waals surface area contributed by atoms with Gasteiger partial charge in [0, 0.05) is 36.9 Å². The quantitative estimate of drug-likeness (QED) is 0.673. The average molecular weight is 391 g/mol. The molecule has 1 aliphatic heterocycles. The molecular weight excluding hydrogens is 371 g/mol. The third-order valence-electron chi connectivity index (χ3n) is 4.63. The Morgan fingerprint density at radius 3 is 2.31 bits per heavy atom. The standard InChI is InChI=1S/C19H19ClN4O.ClH/c1-22-10-12-23(13-11-22)18-19(25)24(15-8-6-14(20)7-9-15)17-5-3-2-4-16(17)21-18;/h2-9H,10-13H2,1H3;1H. The maximum atomic E-state index is 13.3. The summed E-state index contributed by atoms with van der Waals surface area (Å²) in [6.07, 6.45) is 0. The lowest BCUT2D eigenvalue weighted by atomic mass is 10.2. The van der Waals surface area contributed by atoms with E-state index in [1.165, 1.54) is 0 Å². The lowest BCUT2D eigenvalue weighted by molar-refractivity contribution is 0.311. The van der Waals surface area contributed by atoms with Gasteiger partial charge >= 0.3 is 0 Å². The normalized spacial score (nSPS) is 15.1. The SMILES string of the molecule is CN1CCN(c2nc3ccccc3n(-c3ccc(Cl)cc3)c2=O)CC1.Cl. The van der Waals surface area contributed by atoms with Crippen molar-refractivity contribution in [2.75, 3.05) is 38.1 Å². The highest BCUT2D eigenvalue weighted by molar-refractivity contribution is 6.30. The topological polar surface area (TPSA) is 41.4 Å². The van der Waals surface area contributed by atoms with Gasteiger partial charge in [0.1, 0.15) is 0 Å². The molecule has 5 nitrogen and oxygen atoms in total. The fraction of sp³-hybridized carbons (Fsp3) is 0.263. The molecule has 2 heterocycles. The Bertz CT molecular complexity index is 963. The number of anilines is 1. The minimum Gasteiger partial charge on any atom is -0.349 e. The van der Waals surface area contributed by atoms with Crippen LogP contribution in [0.1, 0.15) is 0 Å². The van der Waals surface area contributed by atoms with Crippen LogP contribution >= 0.6 is 24.0 Å². The van der Waals surface area contributed by atoms with E-state index < -0.39 is 0 Å². The molecule has 0 aliphatic carbocycles. The van der Waals surface area contributed by atoms with Crippen molar-refractivity contribution in [3.05, 3.63) is 63.9 Å². The molecule has 3 aromatic rings. The van der Waals surface area contributed by atoms with Crippen LogP contribution in [0.2, 0.25) is 5.02 Å². The van der Waals surface area contributed by atoms with Crippen molar-refractivity contribution in [2.24, 2.45) is 0 Å². The number of hydrogen-bond donors (Lipinski definition) is 0. The van der Waals surface area contributed by atoms with Gasteiger partial charge in [0.15, 0.2) is 5.82 Å². The molecule has 0 atom stereocenters. The lowest BCUT2D eigenvalue weighted by Gasteiger charge is -2.33. The van der Waals surface area contributed by atoms with Crippen molar-refractivity contribution < 1.29 is 0 Å². The van der Waals surface area contributed by atoms with Crippen LogP contribution in [0, 0.1) is 0 Å². The van der Waals surface area contributed by atoms with Crippen molar-refractivity contribution in [3.8, 4) is 5.69 Å². The molecule has 0 saturated carbocycles. The molecule has 1 aromatic heterocycles. The fourth-order valence-electron chi connectivity index (χ4n) is 3.19. The Balaban J connectivity index is 0.00000196. The molecule has 0 spiro atoms. The third kappa shape index (κ3) is 3.43. The molecule has 26 heavy (non-hydrogen) atoms. The maximum absolute atomic E-state index is 13.3. The molecule has 4 rings (SSSR count). The summed E-state index contributed by atoms with van der Waals surface area (Å²) in [5.41, 5.74) is 2.31. The molecule has 0 unspecified atom stereocenters. The van der Waals surface area contributed by atoms with Gasteiger partial charge < -0.3 is 9.80 Å². The Labute approximate surface area is 163 Å². The van der Waals surface area contributed by atoms with Gasteiger partial charge in [0.05, 0.1) is 11.0 Å². The van der Waals surface area contributed by atoms with Gasteiger partial charge in [0.2, 0.25) is 0 Å².